The van der Waals surface area contributed by atoms with Gasteiger partial charge in [-0.25, -0.2) is 4.39 Å². The van der Waals surface area contributed by atoms with E-state index in [1.165, 1.54) is 25.0 Å². The van der Waals surface area contributed by atoms with Gasteiger partial charge >= 0.3 is 0 Å². The molecule has 6 nitrogen and oxygen atoms in total. The molecule has 142 valence electrons. The van der Waals surface area contributed by atoms with Crippen molar-refractivity contribution < 1.29 is 14.0 Å². The summed E-state index contributed by atoms with van der Waals surface area (Å²) in [5.74, 6) is 0.318. The Morgan fingerprint density at radius 3 is 2.12 bits per heavy atom. The number of nitrogens with one attached hydrogen (secondary N) is 2. The molecule has 1 aromatic rings. The normalized spacial score (nSPS) is 19.8. The van der Waals surface area contributed by atoms with Gasteiger partial charge in [-0.2, -0.15) is 0 Å². The first-order valence-electron chi connectivity index (χ1n) is 9.29. The Morgan fingerprint density at radius 2 is 1.58 bits per heavy atom. The number of amides is 2. The molecular formula is C19H27FN4O2. The quantitative estimate of drug-likeness (QED) is 0.767. The largest absolute Gasteiger partial charge is 0.352 e. The maximum atomic E-state index is 12.9. The molecule has 2 N–H and O–H groups in total. The number of nitrogens with zero attached hydrogens (tertiary/aromatic N) is 2. The van der Waals surface area contributed by atoms with Crippen molar-refractivity contribution in [2.45, 2.75) is 25.8 Å². The lowest BCUT2D eigenvalue weighted by molar-refractivity contribution is -0.124. The zero-order valence-electron chi connectivity index (χ0n) is 15.2. The Morgan fingerprint density at radius 1 is 1.04 bits per heavy atom. The molecule has 1 aliphatic heterocycles. The molecular weight excluding hydrogens is 335 g/mol. The van der Waals surface area contributed by atoms with Crippen LogP contribution in [0.25, 0.3) is 0 Å². The number of carbonyl (C=O) groups is 2. The predicted molar refractivity (Wildman–Crippen MR) is 98.2 cm³/mol. The van der Waals surface area contributed by atoms with Crippen LogP contribution < -0.4 is 10.6 Å². The summed E-state index contributed by atoms with van der Waals surface area (Å²) >= 11 is 0. The number of hydrogen-bond donors (Lipinski definition) is 2. The van der Waals surface area contributed by atoms with Crippen LogP contribution in [-0.2, 0) is 9.59 Å². The minimum Gasteiger partial charge on any atom is -0.352 e. The zero-order valence-corrected chi connectivity index (χ0v) is 15.2. The number of benzene rings is 1. The van der Waals surface area contributed by atoms with E-state index in [2.05, 4.69) is 27.4 Å². The summed E-state index contributed by atoms with van der Waals surface area (Å²) in [6, 6.07) is 6.02. The van der Waals surface area contributed by atoms with E-state index in [9.17, 15) is 14.0 Å². The minimum absolute atomic E-state index is 0.0897. The maximum Gasteiger partial charge on any atom is 0.238 e. The van der Waals surface area contributed by atoms with Crippen molar-refractivity contribution in [1.82, 2.24) is 15.1 Å². The number of piperazine rings is 1. The van der Waals surface area contributed by atoms with E-state index < -0.39 is 0 Å². The van der Waals surface area contributed by atoms with E-state index >= 15 is 0 Å². The zero-order chi connectivity index (χ0) is 18.5. The molecule has 3 rings (SSSR count). The van der Waals surface area contributed by atoms with Crippen molar-refractivity contribution in [2.24, 2.45) is 5.92 Å². The predicted octanol–water partition coefficient (Wildman–Crippen LogP) is 1.30. The van der Waals surface area contributed by atoms with Gasteiger partial charge in [0.05, 0.1) is 13.1 Å². The van der Waals surface area contributed by atoms with Crippen molar-refractivity contribution in [3.8, 4) is 0 Å². The van der Waals surface area contributed by atoms with Crippen LogP contribution in [0.4, 0.5) is 10.1 Å². The lowest BCUT2D eigenvalue weighted by atomic mass is 10.2. The Labute approximate surface area is 153 Å². The van der Waals surface area contributed by atoms with Crippen LogP contribution in [0.15, 0.2) is 24.3 Å². The van der Waals surface area contributed by atoms with Crippen LogP contribution in [0.1, 0.15) is 19.8 Å². The number of carbonyl (C=O) groups excluding carboxylic acids is 2. The lowest BCUT2D eigenvalue weighted by Gasteiger charge is -2.34. The summed E-state index contributed by atoms with van der Waals surface area (Å²) < 4.78 is 12.9. The van der Waals surface area contributed by atoms with E-state index in [0.29, 0.717) is 24.7 Å². The maximum absolute atomic E-state index is 12.9. The van der Waals surface area contributed by atoms with E-state index in [1.807, 2.05) is 0 Å². The average molecular weight is 362 g/mol. The SMILES string of the molecule is C[C@H](NC(=O)CN1CCN(CC(=O)Nc2ccc(F)cc2)CC1)C1CC1. The standard InChI is InChI=1S/C19H27FN4O2/c1-14(15-2-3-15)21-18(25)12-23-8-10-24(11-9-23)13-19(26)22-17-6-4-16(20)5-7-17/h4-7,14-15H,2-3,8-13H2,1H3,(H,21,25)(H,22,26)/t14-/m0/s1. The second-order valence-corrected chi connectivity index (χ2v) is 7.30. The molecule has 7 heteroatoms. The highest BCUT2D eigenvalue weighted by Crippen LogP contribution is 2.32. The van der Waals surface area contributed by atoms with Crippen molar-refractivity contribution >= 4 is 17.5 Å². The second kappa shape index (κ2) is 8.60. The van der Waals surface area contributed by atoms with Gasteiger partial charge in [0.15, 0.2) is 0 Å². The fourth-order valence-electron chi connectivity index (χ4n) is 3.26. The van der Waals surface area contributed by atoms with Gasteiger partial charge in [-0.3, -0.25) is 19.4 Å². The van der Waals surface area contributed by atoms with Crippen molar-refractivity contribution in [1.29, 1.82) is 0 Å². The molecule has 1 saturated carbocycles. The van der Waals surface area contributed by atoms with E-state index in [4.69, 9.17) is 0 Å². The molecule has 0 bridgehead atoms. The Hall–Kier alpha value is -1.99. The molecule has 0 radical (unpaired) electrons. The van der Waals surface area contributed by atoms with Crippen LogP contribution in [0, 0.1) is 11.7 Å². The molecule has 0 aromatic heterocycles. The molecule has 1 heterocycles. The molecule has 1 aliphatic carbocycles. The topological polar surface area (TPSA) is 64.7 Å². The van der Waals surface area contributed by atoms with Crippen LogP contribution in [0.2, 0.25) is 0 Å². The van der Waals surface area contributed by atoms with Gasteiger partial charge in [-0.05, 0) is 49.9 Å². The third-order valence-electron chi connectivity index (χ3n) is 5.05. The van der Waals surface area contributed by atoms with Gasteiger partial charge in [-0.1, -0.05) is 0 Å². The summed E-state index contributed by atoms with van der Waals surface area (Å²) in [5, 5.41) is 5.85. The molecule has 2 fully saturated rings. The third-order valence-corrected chi connectivity index (χ3v) is 5.05. The summed E-state index contributed by atoms with van der Waals surface area (Å²) in [7, 11) is 0. The molecule has 1 atom stereocenters. The average Bonchev–Trinajstić information content (AvgIpc) is 3.44. The monoisotopic (exact) mass is 362 g/mol. The van der Waals surface area contributed by atoms with Gasteiger partial charge in [0, 0.05) is 37.9 Å². The van der Waals surface area contributed by atoms with Gasteiger partial charge in [0.25, 0.3) is 0 Å². The van der Waals surface area contributed by atoms with Gasteiger partial charge in [-0.15, -0.1) is 0 Å². The number of hydrogen-bond acceptors (Lipinski definition) is 4. The summed E-state index contributed by atoms with van der Waals surface area (Å²) in [6.45, 7) is 5.85. The first-order valence-corrected chi connectivity index (χ1v) is 9.29. The van der Waals surface area contributed by atoms with Crippen molar-refractivity contribution in [2.75, 3.05) is 44.6 Å². The van der Waals surface area contributed by atoms with Gasteiger partial charge in [0.1, 0.15) is 5.82 Å². The fourth-order valence-corrected chi connectivity index (χ4v) is 3.26. The number of halogens is 1. The minimum atomic E-state index is -0.324. The van der Waals surface area contributed by atoms with E-state index in [0.717, 1.165) is 26.2 Å². The molecule has 1 aromatic carbocycles. The molecule has 2 amide bonds. The second-order valence-electron chi connectivity index (χ2n) is 7.30. The first-order chi connectivity index (χ1) is 12.5. The number of rotatable bonds is 7. The van der Waals surface area contributed by atoms with Crippen LogP contribution >= 0.6 is 0 Å². The summed E-state index contributed by atoms with van der Waals surface area (Å²) in [5.41, 5.74) is 0.594. The van der Waals surface area contributed by atoms with Gasteiger partial charge in [0.2, 0.25) is 11.8 Å². The molecule has 26 heavy (non-hydrogen) atoms. The third kappa shape index (κ3) is 5.78. The lowest BCUT2D eigenvalue weighted by Crippen LogP contribution is -2.51. The molecule has 2 aliphatic rings. The van der Waals surface area contributed by atoms with Crippen molar-refractivity contribution in [3.05, 3.63) is 30.1 Å². The van der Waals surface area contributed by atoms with Crippen LogP contribution in [0.3, 0.4) is 0 Å². The highest BCUT2D eigenvalue weighted by molar-refractivity contribution is 5.92. The smallest absolute Gasteiger partial charge is 0.238 e. The summed E-state index contributed by atoms with van der Waals surface area (Å²) in [4.78, 5) is 28.4. The summed E-state index contributed by atoms with van der Waals surface area (Å²) in [6.07, 6.45) is 2.44. The number of anilines is 1. The molecule has 0 spiro atoms. The first kappa shape index (κ1) is 18.8. The Balaban J connectivity index is 1.34. The molecule has 0 unspecified atom stereocenters. The van der Waals surface area contributed by atoms with Crippen molar-refractivity contribution in [3.63, 3.8) is 0 Å². The van der Waals surface area contributed by atoms with Crippen LogP contribution in [0.5, 0.6) is 0 Å². The highest BCUT2D eigenvalue weighted by Gasteiger charge is 2.29. The van der Waals surface area contributed by atoms with E-state index in [1.54, 1.807) is 12.1 Å². The fraction of sp³-hybridized carbons (Fsp3) is 0.579. The Kier molecular flexibility index (Phi) is 6.21. The Bertz CT molecular complexity index is 625. The highest BCUT2D eigenvalue weighted by atomic mass is 19.1. The van der Waals surface area contributed by atoms with Crippen LogP contribution in [-0.4, -0.2) is 66.9 Å². The molecule has 1 saturated heterocycles. The van der Waals surface area contributed by atoms with Gasteiger partial charge < -0.3 is 10.6 Å². The van der Waals surface area contributed by atoms with E-state index in [-0.39, 0.29) is 23.7 Å².